The van der Waals surface area contributed by atoms with E-state index in [-0.39, 0.29) is 16.7 Å². The van der Waals surface area contributed by atoms with Crippen LogP contribution in [-0.4, -0.2) is 53.4 Å². The van der Waals surface area contributed by atoms with E-state index in [2.05, 4.69) is 16.3 Å². The zero-order valence-electron chi connectivity index (χ0n) is 17.9. The highest BCUT2D eigenvalue weighted by Gasteiger charge is 2.33. The topological polar surface area (TPSA) is 110 Å². The second kappa shape index (κ2) is 9.10. The van der Waals surface area contributed by atoms with Crippen LogP contribution in [0, 0.1) is 17.2 Å². The fourth-order valence-electron chi connectivity index (χ4n) is 4.08. The number of hydrogen-bond acceptors (Lipinski definition) is 5. The first-order chi connectivity index (χ1) is 15.4. The molecule has 2 heterocycles. The van der Waals surface area contributed by atoms with Crippen molar-refractivity contribution in [3.63, 3.8) is 0 Å². The lowest BCUT2D eigenvalue weighted by Crippen LogP contribution is -2.44. The molecule has 1 saturated heterocycles. The zero-order chi connectivity index (χ0) is 22.7. The van der Waals surface area contributed by atoms with E-state index in [4.69, 9.17) is 5.26 Å². The Labute approximate surface area is 187 Å². The number of amides is 1. The second-order valence-corrected chi connectivity index (χ2v) is 9.90. The van der Waals surface area contributed by atoms with Gasteiger partial charge in [-0.3, -0.25) is 9.89 Å². The number of nitrogens with zero attached hydrogens (tertiary/aromatic N) is 4. The Morgan fingerprint density at radius 3 is 2.59 bits per heavy atom. The molecule has 1 aliphatic heterocycles. The number of fused-ring (bicyclic) bond motifs is 1. The third-order valence-electron chi connectivity index (χ3n) is 6.00. The number of H-pyrrole nitrogens is 1. The van der Waals surface area contributed by atoms with Crippen LogP contribution >= 0.6 is 0 Å². The molecule has 8 nitrogen and oxygen atoms in total. The van der Waals surface area contributed by atoms with Gasteiger partial charge in [-0.25, -0.2) is 8.42 Å². The molecule has 1 fully saturated rings. The van der Waals surface area contributed by atoms with Gasteiger partial charge in [-0.15, -0.1) is 0 Å². The number of piperidine rings is 1. The summed E-state index contributed by atoms with van der Waals surface area (Å²) in [7, 11) is -3.63. The molecular formula is C23H25N5O3S. The molecule has 0 spiro atoms. The summed E-state index contributed by atoms with van der Waals surface area (Å²) in [6.45, 7) is 3.61. The fraction of sp³-hybridized carbons (Fsp3) is 0.348. The van der Waals surface area contributed by atoms with E-state index < -0.39 is 10.0 Å². The maximum absolute atomic E-state index is 13.1. The normalized spacial score (nSPS) is 15.5. The van der Waals surface area contributed by atoms with Gasteiger partial charge in [-0.2, -0.15) is 14.7 Å². The highest BCUT2D eigenvalue weighted by molar-refractivity contribution is 7.89. The minimum atomic E-state index is -3.63. The highest BCUT2D eigenvalue weighted by atomic mass is 32.2. The Kier molecular flexibility index (Phi) is 6.26. The Balaban J connectivity index is 1.40. The van der Waals surface area contributed by atoms with Gasteiger partial charge in [0.15, 0.2) is 0 Å². The number of sulfonamides is 1. The molecular weight excluding hydrogens is 426 g/mol. The molecule has 3 aromatic rings. The van der Waals surface area contributed by atoms with E-state index in [1.54, 1.807) is 41.4 Å². The molecule has 9 heteroatoms. The van der Waals surface area contributed by atoms with Crippen molar-refractivity contribution in [3.8, 4) is 6.07 Å². The molecule has 1 aromatic heterocycles. The van der Waals surface area contributed by atoms with Gasteiger partial charge >= 0.3 is 0 Å². The van der Waals surface area contributed by atoms with Crippen LogP contribution in [0.15, 0.2) is 53.6 Å². The van der Waals surface area contributed by atoms with Crippen LogP contribution in [-0.2, 0) is 21.4 Å². The van der Waals surface area contributed by atoms with E-state index in [1.165, 1.54) is 4.31 Å². The lowest BCUT2D eigenvalue weighted by Gasteiger charge is -2.33. The summed E-state index contributed by atoms with van der Waals surface area (Å²) in [5.74, 6) is -0.150. The smallest absolute Gasteiger partial charge is 0.243 e. The van der Waals surface area contributed by atoms with Crippen LogP contribution in [0.2, 0.25) is 0 Å². The average molecular weight is 452 g/mol. The van der Waals surface area contributed by atoms with Gasteiger partial charge in [0.05, 0.1) is 28.2 Å². The van der Waals surface area contributed by atoms with E-state index >= 15 is 0 Å². The lowest BCUT2D eigenvalue weighted by atomic mass is 9.96. The number of nitriles is 1. The van der Waals surface area contributed by atoms with Crippen LogP contribution in [0.3, 0.4) is 0 Å². The van der Waals surface area contributed by atoms with Crippen molar-refractivity contribution < 1.29 is 13.2 Å². The Morgan fingerprint density at radius 1 is 1.22 bits per heavy atom. The molecule has 0 unspecified atom stereocenters. The molecule has 1 N–H and O–H groups in total. The largest absolute Gasteiger partial charge is 0.338 e. The molecule has 0 saturated carbocycles. The average Bonchev–Trinajstić information content (AvgIpc) is 3.30. The second-order valence-electron chi connectivity index (χ2n) is 7.96. The van der Waals surface area contributed by atoms with Gasteiger partial charge < -0.3 is 4.90 Å². The Bertz CT molecular complexity index is 1250. The predicted molar refractivity (Wildman–Crippen MR) is 120 cm³/mol. The summed E-state index contributed by atoms with van der Waals surface area (Å²) in [5, 5.41) is 16.5. The lowest BCUT2D eigenvalue weighted by molar-refractivity contribution is -0.137. The molecule has 4 rings (SSSR count). The van der Waals surface area contributed by atoms with Gasteiger partial charge in [-0.05, 0) is 55.7 Å². The first kappa shape index (κ1) is 22.0. The van der Waals surface area contributed by atoms with Crippen LogP contribution in [0.5, 0.6) is 0 Å². The standard InChI is InChI=1S/C23H25N5O3S/c1-2-27(16-18-5-3-17(14-24)4-6-18)23(29)19-9-11-28(12-10-19)32(30,31)21-8-7-20-15-25-26-22(20)13-21/h3-8,13,15,19H,2,9-12,16H2,1H3,(H,25,26). The number of aromatic amines is 1. The van der Waals surface area contributed by atoms with Gasteiger partial charge in [0.2, 0.25) is 15.9 Å². The van der Waals surface area contributed by atoms with Crippen molar-refractivity contribution in [2.75, 3.05) is 19.6 Å². The molecule has 0 bridgehead atoms. The maximum Gasteiger partial charge on any atom is 0.243 e. The number of carbonyl (C=O) groups is 1. The number of benzene rings is 2. The fourth-order valence-corrected chi connectivity index (χ4v) is 5.57. The van der Waals surface area contributed by atoms with Crippen molar-refractivity contribution in [1.82, 2.24) is 19.4 Å². The summed E-state index contributed by atoms with van der Waals surface area (Å²) in [4.78, 5) is 15.1. The van der Waals surface area contributed by atoms with Gasteiger partial charge in [0, 0.05) is 37.5 Å². The minimum absolute atomic E-state index is 0.0489. The summed E-state index contributed by atoms with van der Waals surface area (Å²) in [6, 6.07) is 14.3. The van der Waals surface area contributed by atoms with Crippen LogP contribution < -0.4 is 0 Å². The molecule has 1 aliphatic rings. The maximum atomic E-state index is 13.1. The van der Waals surface area contributed by atoms with Gasteiger partial charge in [-0.1, -0.05) is 12.1 Å². The van der Waals surface area contributed by atoms with Crippen LogP contribution in [0.1, 0.15) is 30.9 Å². The summed E-state index contributed by atoms with van der Waals surface area (Å²) in [6.07, 6.45) is 2.64. The molecule has 0 radical (unpaired) electrons. The van der Waals surface area contributed by atoms with Crippen LogP contribution in [0.25, 0.3) is 10.9 Å². The van der Waals surface area contributed by atoms with Gasteiger partial charge in [0.1, 0.15) is 0 Å². The Morgan fingerprint density at radius 2 is 1.94 bits per heavy atom. The summed E-state index contributed by atoms with van der Waals surface area (Å²) < 4.78 is 27.6. The molecule has 0 atom stereocenters. The number of nitrogens with one attached hydrogen (secondary N) is 1. The van der Waals surface area contributed by atoms with Crippen molar-refractivity contribution in [2.24, 2.45) is 5.92 Å². The molecule has 166 valence electrons. The quantitative estimate of drug-likeness (QED) is 0.620. The molecule has 1 amide bonds. The van der Waals surface area contributed by atoms with E-state index in [9.17, 15) is 13.2 Å². The minimum Gasteiger partial charge on any atom is -0.338 e. The molecule has 0 aliphatic carbocycles. The third kappa shape index (κ3) is 4.38. The zero-order valence-corrected chi connectivity index (χ0v) is 18.7. The number of carbonyl (C=O) groups excluding carboxylic acids is 1. The van der Waals surface area contributed by atoms with Crippen molar-refractivity contribution in [2.45, 2.75) is 31.2 Å². The van der Waals surface area contributed by atoms with E-state index in [1.807, 2.05) is 19.1 Å². The first-order valence-corrected chi connectivity index (χ1v) is 12.1. The molecule has 2 aromatic carbocycles. The summed E-state index contributed by atoms with van der Waals surface area (Å²) in [5.41, 5.74) is 2.23. The number of rotatable bonds is 6. The van der Waals surface area contributed by atoms with Crippen molar-refractivity contribution in [1.29, 1.82) is 5.26 Å². The van der Waals surface area contributed by atoms with Gasteiger partial charge in [0.25, 0.3) is 0 Å². The monoisotopic (exact) mass is 451 g/mol. The molecule has 32 heavy (non-hydrogen) atoms. The predicted octanol–water partition coefficient (Wildman–Crippen LogP) is 2.88. The van der Waals surface area contributed by atoms with Crippen molar-refractivity contribution >= 4 is 26.8 Å². The number of aromatic nitrogens is 2. The first-order valence-electron chi connectivity index (χ1n) is 10.6. The number of hydrogen-bond donors (Lipinski definition) is 1. The van der Waals surface area contributed by atoms with Crippen LogP contribution in [0.4, 0.5) is 0 Å². The van der Waals surface area contributed by atoms with E-state index in [0.29, 0.717) is 50.1 Å². The van der Waals surface area contributed by atoms with Crippen molar-refractivity contribution in [3.05, 3.63) is 59.8 Å². The Hall–Kier alpha value is -3.22. The highest BCUT2D eigenvalue weighted by Crippen LogP contribution is 2.27. The summed E-state index contributed by atoms with van der Waals surface area (Å²) >= 11 is 0. The SMILES string of the molecule is CCN(Cc1ccc(C#N)cc1)C(=O)C1CCN(S(=O)(=O)c2ccc3cn[nH]c3c2)CC1. The van der Waals surface area contributed by atoms with E-state index in [0.717, 1.165) is 10.9 Å². The third-order valence-corrected chi connectivity index (χ3v) is 7.90.